The van der Waals surface area contributed by atoms with E-state index in [-0.39, 0.29) is 24.8 Å². The molecule has 0 aliphatic rings. The first-order chi connectivity index (χ1) is 15.0. The van der Waals surface area contributed by atoms with Crippen molar-refractivity contribution in [1.82, 2.24) is 10.3 Å². The number of fused-ring (bicyclic) bond motifs is 1. The van der Waals surface area contributed by atoms with Gasteiger partial charge in [0.1, 0.15) is 22.3 Å². The summed E-state index contributed by atoms with van der Waals surface area (Å²) in [5, 5.41) is 5.74. The van der Waals surface area contributed by atoms with E-state index in [4.69, 9.17) is 4.74 Å². The standard InChI is InChI=1S/C23H19FN2O3S2/c1-14-21-17(24)8-5-9-18(21)31-22(14)23(28)29-12-16-13-30-20(26-16)10-19(27)25-11-15-6-3-2-4-7-15/h2-9,13H,10-12H2,1H3,(H,25,27). The van der Waals surface area contributed by atoms with Crippen LogP contribution in [0.2, 0.25) is 0 Å². The van der Waals surface area contributed by atoms with Gasteiger partial charge in [-0.15, -0.1) is 22.7 Å². The Balaban J connectivity index is 1.32. The predicted molar refractivity (Wildman–Crippen MR) is 120 cm³/mol. The minimum atomic E-state index is -0.506. The molecule has 158 valence electrons. The number of thiophene rings is 1. The molecule has 0 aliphatic heterocycles. The summed E-state index contributed by atoms with van der Waals surface area (Å²) in [5.74, 6) is -0.974. The molecule has 0 saturated carbocycles. The van der Waals surface area contributed by atoms with Crippen LogP contribution in [0.5, 0.6) is 0 Å². The molecule has 2 aromatic carbocycles. The maximum Gasteiger partial charge on any atom is 0.349 e. The van der Waals surface area contributed by atoms with Crippen molar-refractivity contribution < 1.29 is 18.7 Å². The van der Waals surface area contributed by atoms with Gasteiger partial charge in [-0.25, -0.2) is 14.2 Å². The quantitative estimate of drug-likeness (QED) is 0.398. The number of aromatic nitrogens is 1. The summed E-state index contributed by atoms with van der Waals surface area (Å²) in [7, 11) is 0. The Kier molecular flexibility index (Phi) is 6.39. The van der Waals surface area contributed by atoms with Crippen LogP contribution in [0.3, 0.4) is 0 Å². The smallest absolute Gasteiger partial charge is 0.349 e. The Morgan fingerprint density at radius 1 is 1.13 bits per heavy atom. The van der Waals surface area contributed by atoms with Gasteiger partial charge in [0, 0.05) is 22.0 Å². The lowest BCUT2D eigenvalue weighted by Gasteiger charge is -2.04. The topological polar surface area (TPSA) is 68.3 Å². The summed E-state index contributed by atoms with van der Waals surface area (Å²) in [5.41, 5.74) is 2.19. The average molecular weight is 455 g/mol. The van der Waals surface area contributed by atoms with E-state index in [1.54, 1.807) is 24.4 Å². The normalized spacial score (nSPS) is 10.9. The number of esters is 1. The van der Waals surface area contributed by atoms with Crippen LogP contribution in [0.4, 0.5) is 4.39 Å². The zero-order chi connectivity index (χ0) is 21.8. The molecule has 0 unspecified atom stereocenters. The van der Waals surface area contributed by atoms with Crippen LogP contribution < -0.4 is 5.32 Å². The first-order valence-electron chi connectivity index (χ1n) is 9.60. The number of nitrogens with one attached hydrogen (secondary N) is 1. The lowest BCUT2D eigenvalue weighted by atomic mass is 10.1. The summed E-state index contributed by atoms with van der Waals surface area (Å²) in [4.78, 5) is 29.4. The molecular weight excluding hydrogens is 435 g/mol. The van der Waals surface area contributed by atoms with Crippen LogP contribution in [0.1, 0.15) is 31.5 Å². The van der Waals surface area contributed by atoms with Gasteiger partial charge in [0.15, 0.2) is 0 Å². The van der Waals surface area contributed by atoms with Gasteiger partial charge in [0.05, 0.1) is 12.1 Å². The van der Waals surface area contributed by atoms with Crippen molar-refractivity contribution in [3.05, 3.63) is 86.4 Å². The van der Waals surface area contributed by atoms with E-state index in [2.05, 4.69) is 10.3 Å². The zero-order valence-electron chi connectivity index (χ0n) is 16.7. The highest BCUT2D eigenvalue weighted by atomic mass is 32.1. The molecular formula is C23H19FN2O3S2. The highest BCUT2D eigenvalue weighted by molar-refractivity contribution is 7.21. The van der Waals surface area contributed by atoms with Crippen molar-refractivity contribution in [2.45, 2.75) is 26.5 Å². The molecule has 2 aromatic heterocycles. The lowest BCUT2D eigenvalue weighted by Crippen LogP contribution is -2.24. The second-order valence-corrected chi connectivity index (χ2v) is 8.91. The van der Waals surface area contributed by atoms with E-state index >= 15 is 0 Å². The molecule has 8 heteroatoms. The SMILES string of the molecule is Cc1c(C(=O)OCc2csc(CC(=O)NCc3ccccc3)n2)sc2cccc(F)c12. The van der Waals surface area contributed by atoms with Gasteiger partial charge in [-0.2, -0.15) is 0 Å². The molecule has 0 bridgehead atoms. The third-order valence-corrected chi connectivity index (χ3v) is 6.82. The second-order valence-electron chi connectivity index (χ2n) is 6.92. The summed E-state index contributed by atoms with van der Waals surface area (Å²) in [6, 6.07) is 14.4. The number of ether oxygens (including phenoxy) is 1. The molecule has 1 N–H and O–H groups in total. The summed E-state index contributed by atoms with van der Waals surface area (Å²) in [6.07, 6.45) is 0.167. The Morgan fingerprint density at radius 2 is 1.94 bits per heavy atom. The van der Waals surface area contributed by atoms with Crippen molar-refractivity contribution in [2.24, 2.45) is 0 Å². The fourth-order valence-corrected chi connectivity index (χ4v) is 5.04. The predicted octanol–water partition coefficient (Wildman–Crippen LogP) is 5.02. The molecule has 0 radical (unpaired) electrons. The number of halogens is 1. The fraction of sp³-hybridized carbons (Fsp3) is 0.174. The first kappa shape index (κ1) is 21.1. The first-order valence-corrected chi connectivity index (χ1v) is 11.3. The van der Waals surface area contributed by atoms with Gasteiger partial charge in [0.25, 0.3) is 0 Å². The van der Waals surface area contributed by atoms with Gasteiger partial charge < -0.3 is 10.1 Å². The molecule has 31 heavy (non-hydrogen) atoms. The number of benzene rings is 2. The highest BCUT2D eigenvalue weighted by Crippen LogP contribution is 2.33. The van der Waals surface area contributed by atoms with Crippen LogP contribution in [0, 0.1) is 12.7 Å². The van der Waals surface area contributed by atoms with Crippen molar-refractivity contribution in [3.8, 4) is 0 Å². The van der Waals surface area contributed by atoms with E-state index < -0.39 is 5.97 Å². The molecule has 0 saturated heterocycles. The Bertz CT molecular complexity index is 1230. The lowest BCUT2D eigenvalue weighted by molar-refractivity contribution is -0.120. The number of hydrogen-bond acceptors (Lipinski definition) is 6. The summed E-state index contributed by atoms with van der Waals surface area (Å²) < 4.78 is 20.1. The highest BCUT2D eigenvalue weighted by Gasteiger charge is 2.19. The molecule has 0 aliphatic carbocycles. The van der Waals surface area contributed by atoms with E-state index in [1.807, 2.05) is 30.3 Å². The van der Waals surface area contributed by atoms with Crippen molar-refractivity contribution >= 4 is 44.6 Å². The van der Waals surface area contributed by atoms with Gasteiger partial charge in [-0.1, -0.05) is 36.4 Å². The van der Waals surface area contributed by atoms with Crippen LogP contribution in [0.25, 0.3) is 10.1 Å². The molecule has 5 nitrogen and oxygen atoms in total. The molecule has 0 spiro atoms. The Morgan fingerprint density at radius 3 is 2.71 bits per heavy atom. The van der Waals surface area contributed by atoms with Crippen LogP contribution in [-0.2, 0) is 29.1 Å². The average Bonchev–Trinajstić information content (AvgIpc) is 3.36. The number of rotatable bonds is 7. The second kappa shape index (κ2) is 9.36. The van der Waals surface area contributed by atoms with Gasteiger partial charge in [-0.3, -0.25) is 4.79 Å². The minimum Gasteiger partial charge on any atom is -0.455 e. The number of thiazole rings is 1. The fourth-order valence-electron chi connectivity index (χ4n) is 3.15. The number of aryl methyl sites for hydroxylation is 1. The molecule has 4 rings (SSSR count). The molecule has 1 amide bonds. The zero-order valence-corrected chi connectivity index (χ0v) is 18.3. The van der Waals surface area contributed by atoms with Crippen LogP contribution >= 0.6 is 22.7 Å². The molecule has 0 fully saturated rings. The Labute approximate surface area is 186 Å². The van der Waals surface area contributed by atoms with Crippen molar-refractivity contribution in [3.63, 3.8) is 0 Å². The van der Waals surface area contributed by atoms with E-state index in [1.165, 1.54) is 28.7 Å². The summed E-state index contributed by atoms with van der Waals surface area (Å²) >= 11 is 2.56. The van der Waals surface area contributed by atoms with Crippen LogP contribution in [0.15, 0.2) is 53.9 Å². The number of amides is 1. The maximum absolute atomic E-state index is 14.0. The third kappa shape index (κ3) is 4.98. The van der Waals surface area contributed by atoms with Gasteiger partial charge in [0.2, 0.25) is 5.91 Å². The number of hydrogen-bond donors (Lipinski definition) is 1. The van der Waals surface area contributed by atoms with E-state index in [0.29, 0.717) is 37.8 Å². The minimum absolute atomic E-state index is 0.00284. The summed E-state index contributed by atoms with van der Waals surface area (Å²) in [6.45, 7) is 2.18. The molecule has 2 heterocycles. The van der Waals surface area contributed by atoms with Crippen molar-refractivity contribution in [1.29, 1.82) is 0 Å². The van der Waals surface area contributed by atoms with Gasteiger partial charge >= 0.3 is 5.97 Å². The monoisotopic (exact) mass is 454 g/mol. The number of carbonyl (C=O) groups is 2. The van der Waals surface area contributed by atoms with E-state index in [0.717, 1.165) is 5.56 Å². The molecule has 4 aromatic rings. The largest absolute Gasteiger partial charge is 0.455 e. The van der Waals surface area contributed by atoms with E-state index in [9.17, 15) is 14.0 Å². The number of carbonyl (C=O) groups excluding carboxylic acids is 2. The third-order valence-electron chi connectivity index (χ3n) is 4.68. The molecule has 0 atom stereocenters. The van der Waals surface area contributed by atoms with Crippen molar-refractivity contribution in [2.75, 3.05) is 0 Å². The maximum atomic E-state index is 14.0. The van der Waals surface area contributed by atoms with Gasteiger partial charge in [-0.05, 0) is 30.2 Å². The Hall–Kier alpha value is -3.10. The van der Waals surface area contributed by atoms with Crippen LogP contribution in [-0.4, -0.2) is 16.9 Å². The number of nitrogens with zero attached hydrogens (tertiary/aromatic N) is 1.